The van der Waals surface area contributed by atoms with Crippen molar-refractivity contribution in [2.45, 2.75) is 51.5 Å². The van der Waals surface area contributed by atoms with Gasteiger partial charge in [-0.2, -0.15) is 0 Å². The lowest BCUT2D eigenvalue weighted by atomic mass is 9.83. The number of hydrogen-bond donors (Lipinski definition) is 2. The molecule has 1 unspecified atom stereocenters. The molecule has 0 radical (unpaired) electrons. The highest BCUT2D eigenvalue weighted by molar-refractivity contribution is 4.85. The van der Waals surface area contributed by atoms with Gasteiger partial charge in [0, 0.05) is 32.8 Å². The molecule has 0 heterocycles. The molecule has 0 aromatic carbocycles. The molecule has 0 saturated heterocycles. The SMILES string of the molecule is CCC1(CNCC(N)CCOC)CCCC1. The third-order valence-electron chi connectivity index (χ3n) is 4.01. The van der Waals surface area contributed by atoms with E-state index in [4.69, 9.17) is 10.5 Å². The van der Waals surface area contributed by atoms with Crippen LogP contribution in [0.15, 0.2) is 0 Å². The quantitative estimate of drug-likeness (QED) is 0.667. The Morgan fingerprint density at radius 2 is 2.06 bits per heavy atom. The largest absolute Gasteiger partial charge is 0.385 e. The topological polar surface area (TPSA) is 47.3 Å². The van der Waals surface area contributed by atoms with Gasteiger partial charge in [0.25, 0.3) is 0 Å². The van der Waals surface area contributed by atoms with Crippen molar-refractivity contribution in [3.8, 4) is 0 Å². The Labute approximate surface area is 100 Å². The average Bonchev–Trinajstić information content (AvgIpc) is 2.76. The van der Waals surface area contributed by atoms with E-state index in [1.165, 1.54) is 32.1 Å². The normalized spacial score (nSPS) is 21.2. The molecule has 0 aromatic rings. The summed E-state index contributed by atoms with van der Waals surface area (Å²) in [4.78, 5) is 0. The zero-order chi connectivity index (χ0) is 11.9. The van der Waals surface area contributed by atoms with Crippen LogP contribution in [0, 0.1) is 5.41 Å². The maximum Gasteiger partial charge on any atom is 0.0477 e. The second-order valence-corrected chi connectivity index (χ2v) is 5.23. The third kappa shape index (κ3) is 4.40. The van der Waals surface area contributed by atoms with E-state index in [9.17, 15) is 0 Å². The predicted octanol–water partition coefficient (Wildman–Crippen LogP) is 1.91. The fourth-order valence-electron chi connectivity index (χ4n) is 2.67. The monoisotopic (exact) mass is 228 g/mol. The number of rotatable bonds is 8. The second kappa shape index (κ2) is 7.25. The van der Waals surface area contributed by atoms with E-state index in [1.54, 1.807) is 7.11 Å². The molecule has 0 amide bonds. The van der Waals surface area contributed by atoms with Gasteiger partial charge in [-0.05, 0) is 31.1 Å². The van der Waals surface area contributed by atoms with Crippen LogP contribution in [-0.2, 0) is 4.74 Å². The molecule has 1 aliphatic carbocycles. The Morgan fingerprint density at radius 1 is 1.38 bits per heavy atom. The van der Waals surface area contributed by atoms with Crippen molar-refractivity contribution in [1.29, 1.82) is 0 Å². The lowest BCUT2D eigenvalue weighted by Gasteiger charge is -2.28. The van der Waals surface area contributed by atoms with Crippen LogP contribution in [-0.4, -0.2) is 32.8 Å². The molecule has 16 heavy (non-hydrogen) atoms. The van der Waals surface area contributed by atoms with Crippen LogP contribution in [0.25, 0.3) is 0 Å². The predicted molar refractivity (Wildman–Crippen MR) is 68.5 cm³/mol. The van der Waals surface area contributed by atoms with Gasteiger partial charge in [0.1, 0.15) is 0 Å². The number of hydrogen-bond acceptors (Lipinski definition) is 3. The molecule has 1 saturated carbocycles. The van der Waals surface area contributed by atoms with E-state index in [0.717, 1.165) is 26.1 Å². The van der Waals surface area contributed by atoms with Crippen molar-refractivity contribution >= 4 is 0 Å². The summed E-state index contributed by atoms with van der Waals surface area (Å²) in [6, 6.07) is 0.232. The summed E-state index contributed by atoms with van der Waals surface area (Å²) in [5.41, 5.74) is 6.56. The molecular formula is C13H28N2O. The molecule has 1 fully saturated rings. The highest BCUT2D eigenvalue weighted by Crippen LogP contribution is 2.40. The smallest absolute Gasteiger partial charge is 0.0477 e. The standard InChI is InChI=1S/C13H28N2O/c1-3-13(7-4-5-8-13)11-15-10-12(14)6-9-16-2/h12,15H,3-11,14H2,1-2H3. The van der Waals surface area contributed by atoms with E-state index in [-0.39, 0.29) is 6.04 Å². The molecule has 96 valence electrons. The van der Waals surface area contributed by atoms with Gasteiger partial charge in [0.2, 0.25) is 0 Å². The first kappa shape index (κ1) is 13.9. The van der Waals surface area contributed by atoms with Crippen LogP contribution < -0.4 is 11.1 Å². The minimum absolute atomic E-state index is 0.232. The van der Waals surface area contributed by atoms with Crippen LogP contribution in [0.2, 0.25) is 0 Å². The molecule has 0 bridgehead atoms. The van der Waals surface area contributed by atoms with E-state index in [0.29, 0.717) is 5.41 Å². The third-order valence-corrected chi connectivity index (χ3v) is 4.01. The lowest BCUT2D eigenvalue weighted by Crippen LogP contribution is -2.40. The molecule has 3 heteroatoms. The molecule has 0 aliphatic heterocycles. The molecule has 3 N–H and O–H groups in total. The Hall–Kier alpha value is -0.120. The molecule has 0 aromatic heterocycles. The van der Waals surface area contributed by atoms with Crippen LogP contribution in [0.1, 0.15) is 45.4 Å². The Morgan fingerprint density at radius 3 is 2.62 bits per heavy atom. The molecule has 1 rings (SSSR count). The minimum Gasteiger partial charge on any atom is -0.385 e. The first-order valence-corrected chi connectivity index (χ1v) is 6.68. The van der Waals surface area contributed by atoms with E-state index in [2.05, 4.69) is 12.2 Å². The van der Waals surface area contributed by atoms with Crippen molar-refractivity contribution in [3.63, 3.8) is 0 Å². The molecule has 0 spiro atoms. The zero-order valence-electron chi connectivity index (χ0n) is 10.9. The van der Waals surface area contributed by atoms with Gasteiger partial charge >= 0.3 is 0 Å². The van der Waals surface area contributed by atoms with E-state index < -0.39 is 0 Å². The van der Waals surface area contributed by atoms with Gasteiger partial charge in [0.15, 0.2) is 0 Å². The first-order valence-electron chi connectivity index (χ1n) is 6.68. The fraction of sp³-hybridized carbons (Fsp3) is 1.00. The van der Waals surface area contributed by atoms with Crippen LogP contribution in [0.3, 0.4) is 0 Å². The fourth-order valence-corrected chi connectivity index (χ4v) is 2.67. The van der Waals surface area contributed by atoms with Crippen molar-refractivity contribution in [1.82, 2.24) is 5.32 Å². The van der Waals surface area contributed by atoms with Crippen LogP contribution >= 0.6 is 0 Å². The van der Waals surface area contributed by atoms with Gasteiger partial charge in [0.05, 0.1) is 0 Å². The molecule has 1 aliphatic rings. The van der Waals surface area contributed by atoms with E-state index >= 15 is 0 Å². The highest BCUT2D eigenvalue weighted by Gasteiger charge is 2.31. The van der Waals surface area contributed by atoms with Crippen LogP contribution in [0.5, 0.6) is 0 Å². The van der Waals surface area contributed by atoms with E-state index in [1.807, 2.05) is 0 Å². The summed E-state index contributed by atoms with van der Waals surface area (Å²) in [7, 11) is 1.73. The summed E-state index contributed by atoms with van der Waals surface area (Å²) in [6.45, 7) is 5.15. The number of ether oxygens (including phenoxy) is 1. The maximum atomic E-state index is 5.99. The van der Waals surface area contributed by atoms with Gasteiger partial charge in [-0.15, -0.1) is 0 Å². The average molecular weight is 228 g/mol. The lowest BCUT2D eigenvalue weighted by molar-refractivity contribution is 0.186. The molecular weight excluding hydrogens is 200 g/mol. The van der Waals surface area contributed by atoms with Crippen molar-refractivity contribution in [2.24, 2.45) is 11.1 Å². The number of nitrogens with one attached hydrogen (secondary N) is 1. The highest BCUT2D eigenvalue weighted by atomic mass is 16.5. The van der Waals surface area contributed by atoms with Crippen molar-refractivity contribution in [2.75, 3.05) is 26.8 Å². The van der Waals surface area contributed by atoms with Crippen LogP contribution in [0.4, 0.5) is 0 Å². The van der Waals surface area contributed by atoms with Gasteiger partial charge in [-0.25, -0.2) is 0 Å². The summed E-state index contributed by atoms with van der Waals surface area (Å²) in [5.74, 6) is 0. The summed E-state index contributed by atoms with van der Waals surface area (Å²) < 4.78 is 5.03. The Kier molecular flexibility index (Phi) is 6.32. The Bertz CT molecular complexity index is 179. The van der Waals surface area contributed by atoms with Gasteiger partial charge in [-0.3, -0.25) is 0 Å². The minimum atomic E-state index is 0.232. The molecule has 1 atom stereocenters. The maximum absolute atomic E-state index is 5.99. The summed E-state index contributed by atoms with van der Waals surface area (Å²) in [6.07, 6.45) is 7.85. The first-order chi connectivity index (χ1) is 7.72. The van der Waals surface area contributed by atoms with Gasteiger partial charge in [-0.1, -0.05) is 19.8 Å². The second-order valence-electron chi connectivity index (χ2n) is 5.23. The molecule has 3 nitrogen and oxygen atoms in total. The summed E-state index contributed by atoms with van der Waals surface area (Å²) >= 11 is 0. The Balaban J connectivity index is 2.13. The zero-order valence-corrected chi connectivity index (χ0v) is 10.9. The number of methoxy groups -OCH3 is 1. The number of nitrogens with two attached hydrogens (primary N) is 1. The summed E-state index contributed by atoms with van der Waals surface area (Å²) in [5, 5.41) is 3.55. The van der Waals surface area contributed by atoms with Crippen molar-refractivity contribution in [3.05, 3.63) is 0 Å². The van der Waals surface area contributed by atoms with Gasteiger partial charge < -0.3 is 15.8 Å². The van der Waals surface area contributed by atoms with Crippen molar-refractivity contribution < 1.29 is 4.74 Å².